The molecule has 0 unspecified atom stereocenters. The minimum absolute atomic E-state index is 0.0158. The number of amides is 1. The third-order valence-corrected chi connectivity index (χ3v) is 3.47. The molecule has 0 spiro atoms. The minimum Gasteiger partial charge on any atom is -0.506 e. The van der Waals surface area contributed by atoms with Crippen LogP contribution in [0, 0.1) is 11.3 Å². The number of anilines is 1. The van der Waals surface area contributed by atoms with Crippen LogP contribution in [0.15, 0.2) is 36.0 Å². The van der Waals surface area contributed by atoms with Crippen LogP contribution >= 0.6 is 0 Å². The van der Waals surface area contributed by atoms with Crippen molar-refractivity contribution in [3.63, 3.8) is 0 Å². The van der Waals surface area contributed by atoms with Crippen LogP contribution in [0.5, 0.6) is 5.75 Å². The molecule has 2 N–H and O–H groups in total. The predicted octanol–water partition coefficient (Wildman–Crippen LogP) is 2.61. The first kappa shape index (κ1) is 14.9. The minimum atomic E-state index is -0.497. The molecule has 2 rings (SSSR count). The number of rotatable bonds is 3. The molecule has 1 aliphatic heterocycles. The van der Waals surface area contributed by atoms with E-state index in [4.69, 9.17) is 0 Å². The van der Waals surface area contributed by atoms with Crippen molar-refractivity contribution in [2.24, 2.45) is 0 Å². The number of para-hydroxylation sites is 2. The average molecular weight is 285 g/mol. The Morgan fingerprint density at radius 1 is 1.24 bits per heavy atom. The summed E-state index contributed by atoms with van der Waals surface area (Å²) in [7, 11) is 0. The van der Waals surface area contributed by atoms with Crippen molar-refractivity contribution in [3.05, 3.63) is 36.0 Å². The maximum absolute atomic E-state index is 12.1. The summed E-state index contributed by atoms with van der Waals surface area (Å²) in [5.41, 5.74) is 0.361. The van der Waals surface area contributed by atoms with E-state index in [-0.39, 0.29) is 11.3 Å². The zero-order chi connectivity index (χ0) is 15.1. The van der Waals surface area contributed by atoms with E-state index in [2.05, 4.69) is 5.32 Å². The number of nitriles is 1. The Morgan fingerprint density at radius 3 is 2.52 bits per heavy atom. The zero-order valence-corrected chi connectivity index (χ0v) is 11.9. The van der Waals surface area contributed by atoms with Crippen molar-refractivity contribution in [1.82, 2.24) is 4.90 Å². The lowest BCUT2D eigenvalue weighted by Gasteiger charge is -2.17. The quantitative estimate of drug-likeness (QED) is 0.508. The van der Waals surface area contributed by atoms with Gasteiger partial charge in [-0.05, 0) is 25.0 Å². The van der Waals surface area contributed by atoms with Gasteiger partial charge in [-0.25, -0.2) is 0 Å². The Hall–Kier alpha value is -2.48. The highest BCUT2D eigenvalue weighted by molar-refractivity contribution is 6.07. The predicted molar refractivity (Wildman–Crippen MR) is 80.5 cm³/mol. The van der Waals surface area contributed by atoms with Crippen molar-refractivity contribution >= 4 is 11.6 Å². The summed E-state index contributed by atoms with van der Waals surface area (Å²) in [4.78, 5) is 14.1. The summed E-state index contributed by atoms with van der Waals surface area (Å²) in [6, 6.07) is 8.39. The number of hydrogen-bond acceptors (Lipinski definition) is 4. The molecule has 1 aromatic rings. The van der Waals surface area contributed by atoms with Crippen LogP contribution in [0.2, 0.25) is 0 Å². The second kappa shape index (κ2) is 7.34. The molecular weight excluding hydrogens is 266 g/mol. The fourth-order valence-electron chi connectivity index (χ4n) is 2.31. The van der Waals surface area contributed by atoms with Crippen molar-refractivity contribution in [2.45, 2.75) is 25.7 Å². The Labute approximate surface area is 124 Å². The Morgan fingerprint density at radius 2 is 1.90 bits per heavy atom. The van der Waals surface area contributed by atoms with Gasteiger partial charge >= 0.3 is 0 Å². The van der Waals surface area contributed by atoms with E-state index >= 15 is 0 Å². The second-order valence-electron chi connectivity index (χ2n) is 5.08. The van der Waals surface area contributed by atoms with Crippen LogP contribution in [0.1, 0.15) is 25.7 Å². The summed E-state index contributed by atoms with van der Waals surface area (Å²) < 4.78 is 0. The highest BCUT2D eigenvalue weighted by Crippen LogP contribution is 2.22. The van der Waals surface area contributed by atoms with Crippen molar-refractivity contribution < 1.29 is 9.90 Å². The Balaban J connectivity index is 2.08. The van der Waals surface area contributed by atoms with Gasteiger partial charge in [-0.2, -0.15) is 5.26 Å². The van der Waals surface area contributed by atoms with Crippen LogP contribution < -0.4 is 5.32 Å². The van der Waals surface area contributed by atoms with Gasteiger partial charge in [0.25, 0.3) is 5.91 Å². The number of hydrogen-bond donors (Lipinski definition) is 2. The number of aromatic hydroxyl groups is 1. The molecule has 5 heteroatoms. The summed E-state index contributed by atoms with van der Waals surface area (Å²) in [6.07, 6.45) is 6.17. The topological polar surface area (TPSA) is 76.4 Å². The van der Waals surface area contributed by atoms with Crippen LogP contribution in [0.3, 0.4) is 0 Å². The van der Waals surface area contributed by atoms with E-state index in [1.54, 1.807) is 24.4 Å². The van der Waals surface area contributed by atoms with Gasteiger partial charge in [0.1, 0.15) is 17.4 Å². The molecular formula is C16H19N3O2. The number of likely N-dealkylation sites (tertiary alicyclic amines) is 1. The molecule has 21 heavy (non-hydrogen) atoms. The van der Waals surface area contributed by atoms with Crippen molar-refractivity contribution in [1.29, 1.82) is 5.26 Å². The molecule has 0 bridgehead atoms. The van der Waals surface area contributed by atoms with Crippen LogP contribution in [-0.2, 0) is 4.79 Å². The van der Waals surface area contributed by atoms with E-state index in [0.717, 1.165) is 25.9 Å². The molecule has 0 aromatic heterocycles. The van der Waals surface area contributed by atoms with Gasteiger partial charge in [-0.1, -0.05) is 25.0 Å². The van der Waals surface area contributed by atoms with Crippen LogP contribution in [-0.4, -0.2) is 29.0 Å². The summed E-state index contributed by atoms with van der Waals surface area (Å²) in [6.45, 7) is 1.74. The normalized spacial score (nSPS) is 16.0. The fourth-order valence-corrected chi connectivity index (χ4v) is 2.31. The molecule has 0 aliphatic carbocycles. The largest absolute Gasteiger partial charge is 0.506 e. The molecule has 1 aromatic carbocycles. The smallest absolute Gasteiger partial charge is 0.267 e. The highest BCUT2D eigenvalue weighted by atomic mass is 16.3. The lowest BCUT2D eigenvalue weighted by molar-refractivity contribution is -0.112. The molecule has 0 atom stereocenters. The van der Waals surface area contributed by atoms with Gasteiger partial charge in [0.2, 0.25) is 0 Å². The molecule has 1 heterocycles. The number of nitrogens with one attached hydrogen (secondary N) is 1. The van der Waals surface area contributed by atoms with E-state index in [1.165, 1.54) is 18.9 Å². The van der Waals surface area contributed by atoms with Crippen LogP contribution in [0.4, 0.5) is 5.69 Å². The van der Waals surface area contributed by atoms with Crippen molar-refractivity contribution in [2.75, 3.05) is 18.4 Å². The number of carbonyl (C=O) groups is 1. The molecule has 1 aliphatic rings. The first-order chi connectivity index (χ1) is 10.2. The van der Waals surface area contributed by atoms with Gasteiger partial charge in [-0.15, -0.1) is 0 Å². The molecule has 1 amide bonds. The molecule has 5 nitrogen and oxygen atoms in total. The molecule has 1 saturated heterocycles. The van der Waals surface area contributed by atoms with Crippen LogP contribution in [0.25, 0.3) is 0 Å². The highest BCUT2D eigenvalue weighted by Gasteiger charge is 2.14. The monoisotopic (exact) mass is 285 g/mol. The van der Waals surface area contributed by atoms with E-state index in [9.17, 15) is 15.2 Å². The summed E-state index contributed by atoms with van der Waals surface area (Å²) in [5.74, 6) is -0.513. The first-order valence-electron chi connectivity index (χ1n) is 7.16. The third kappa shape index (κ3) is 4.25. The van der Waals surface area contributed by atoms with Gasteiger partial charge in [-0.3, -0.25) is 4.79 Å². The SMILES string of the molecule is N#C/C(=C/N1CCCCCC1)C(=O)Nc1ccccc1O. The van der Waals surface area contributed by atoms with E-state index in [0.29, 0.717) is 5.69 Å². The van der Waals surface area contributed by atoms with Gasteiger partial charge in [0.15, 0.2) is 0 Å². The zero-order valence-electron chi connectivity index (χ0n) is 11.9. The van der Waals surface area contributed by atoms with Gasteiger partial charge in [0.05, 0.1) is 5.69 Å². The lowest BCUT2D eigenvalue weighted by Crippen LogP contribution is -2.22. The molecule has 1 fully saturated rings. The second-order valence-corrected chi connectivity index (χ2v) is 5.08. The number of nitrogens with zero attached hydrogens (tertiary/aromatic N) is 2. The maximum Gasteiger partial charge on any atom is 0.267 e. The number of carbonyl (C=O) groups excluding carboxylic acids is 1. The molecule has 110 valence electrons. The Bertz CT molecular complexity index is 567. The fraction of sp³-hybridized carbons (Fsp3) is 0.375. The summed E-state index contributed by atoms with van der Waals surface area (Å²) in [5, 5.41) is 21.4. The lowest BCUT2D eigenvalue weighted by atomic mass is 10.2. The molecule has 0 radical (unpaired) electrons. The average Bonchev–Trinajstić information content (AvgIpc) is 2.75. The van der Waals surface area contributed by atoms with Gasteiger partial charge in [0, 0.05) is 19.3 Å². The standard InChI is InChI=1S/C16H19N3O2/c17-11-13(12-19-9-5-1-2-6-10-19)16(21)18-14-7-3-4-8-15(14)20/h3-4,7-8,12,20H,1-2,5-6,9-10H2,(H,18,21)/b13-12-. The maximum atomic E-state index is 12.1. The molecule has 0 saturated carbocycles. The van der Waals surface area contributed by atoms with Crippen molar-refractivity contribution in [3.8, 4) is 11.8 Å². The number of benzene rings is 1. The summed E-state index contributed by atoms with van der Waals surface area (Å²) >= 11 is 0. The van der Waals surface area contributed by atoms with E-state index in [1.807, 2.05) is 11.0 Å². The third-order valence-electron chi connectivity index (χ3n) is 3.47. The van der Waals surface area contributed by atoms with E-state index < -0.39 is 5.91 Å². The number of phenols is 1. The number of phenolic OH excluding ortho intramolecular Hbond substituents is 1. The first-order valence-corrected chi connectivity index (χ1v) is 7.16. The Kier molecular flexibility index (Phi) is 5.22. The van der Waals surface area contributed by atoms with Gasteiger partial charge < -0.3 is 15.3 Å².